The van der Waals surface area contributed by atoms with Crippen LogP contribution in [0.15, 0.2) is 34.1 Å². The molecule has 6 nitrogen and oxygen atoms in total. The highest BCUT2D eigenvalue weighted by Crippen LogP contribution is 2.43. The first kappa shape index (κ1) is 17.3. The molecule has 25 heavy (non-hydrogen) atoms. The molecule has 0 radical (unpaired) electrons. The smallest absolute Gasteiger partial charge is 0.307 e. The molecule has 1 aliphatic carbocycles. The molecule has 0 bridgehead atoms. The van der Waals surface area contributed by atoms with Gasteiger partial charge >= 0.3 is 5.97 Å². The van der Waals surface area contributed by atoms with E-state index in [9.17, 15) is 18.8 Å². The van der Waals surface area contributed by atoms with Crippen molar-refractivity contribution < 1.29 is 28.6 Å². The Kier molecular flexibility index (Phi) is 4.47. The number of thiophene rings is 1. The molecule has 132 valence electrons. The highest BCUT2D eigenvalue weighted by molar-refractivity contribution is 7.12. The molecule has 2 aliphatic rings. The van der Waals surface area contributed by atoms with E-state index in [2.05, 4.69) is 0 Å². The quantitative estimate of drug-likeness (QED) is 0.887. The number of carboxylic acids is 1. The zero-order valence-electron chi connectivity index (χ0n) is 13.7. The Balaban J connectivity index is 2.07. The van der Waals surface area contributed by atoms with Crippen LogP contribution < -0.4 is 4.74 Å². The van der Waals surface area contributed by atoms with Crippen LogP contribution in [0.5, 0.6) is 5.06 Å². The molecule has 1 unspecified atom stereocenters. The number of ketones is 1. The zero-order chi connectivity index (χ0) is 18.3. The third-order valence-electron chi connectivity index (χ3n) is 4.46. The summed E-state index contributed by atoms with van der Waals surface area (Å²) in [6.07, 6.45) is -0.172. The van der Waals surface area contributed by atoms with Gasteiger partial charge in [0, 0.05) is 29.1 Å². The fraction of sp³-hybridized carbons (Fsp3) is 0.353. The number of allylic oxidation sites excluding steroid dienone is 2. The number of fused-ring (bicyclic) bond motifs is 1. The average Bonchev–Trinajstić information content (AvgIpc) is 3.14. The summed E-state index contributed by atoms with van der Waals surface area (Å²) in [5.74, 6) is -3.07. The summed E-state index contributed by atoms with van der Waals surface area (Å²) in [7, 11) is 1.50. The Bertz CT molecular complexity index is 838. The van der Waals surface area contributed by atoms with Crippen LogP contribution in [0.4, 0.5) is 4.39 Å². The fourth-order valence-electron chi connectivity index (χ4n) is 3.33. The topological polar surface area (TPSA) is 83.9 Å². The maximum Gasteiger partial charge on any atom is 0.307 e. The van der Waals surface area contributed by atoms with Crippen molar-refractivity contribution in [3.63, 3.8) is 0 Å². The first-order valence-corrected chi connectivity index (χ1v) is 8.54. The van der Waals surface area contributed by atoms with Gasteiger partial charge in [-0.2, -0.15) is 0 Å². The summed E-state index contributed by atoms with van der Waals surface area (Å²) < 4.78 is 19.5. The zero-order valence-corrected chi connectivity index (χ0v) is 14.5. The van der Waals surface area contributed by atoms with E-state index in [1.54, 1.807) is 18.4 Å². The van der Waals surface area contributed by atoms with E-state index in [0.29, 0.717) is 16.3 Å². The highest BCUT2D eigenvalue weighted by atomic mass is 32.1. The van der Waals surface area contributed by atoms with E-state index < -0.39 is 30.0 Å². The van der Waals surface area contributed by atoms with Gasteiger partial charge < -0.3 is 14.7 Å². The number of hydrogen-bond donors (Lipinski definition) is 1. The van der Waals surface area contributed by atoms with Crippen molar-refractivity contribution in [2.45, 2.75) is 32.2 Å². The van der Waals surface area contributed by atoms with E-state index in [1.165, 1.54) is 23.3 Å². The predicted octanol–water partition coefficient (Wildman–Crippen LogP) is 2.92. The Hall–Kier alpha value is -2.48. The number of carboxylic acid groups (broad SMARTS) is 1. The van der Waals surface area contributed by atoms with Crippen molar-refractivity contribution in [3.05, 3.63) is 39.7 Å². The lowest BCUT2D eigenvalue weighted by Gasteiger charge is -2.29. The van der Waals surface area contributed by atoms with Crippen LogP contribution in [0, 0.1) is 0 Å². The maximum atomic E-state index is 14.5. The number of Topliss-reactive ketones (excluding diaryl/α,β-unsaturated/α-hetero) is 1. The molecule has 1 aliphatic heterocycles. The largest absolute Gasteiger partial charge is 0.487 e. The third kappa shape index (κ3) is 2.86. The minimum absolute atomic E-state index is 0.00955. The number of amides is 1. The van der Waals surface area contributed by atoms with Crippen LogP contribution >= 0.6 is 11.3 Å². The highest BCUT2D eigenvalue weighted by Gasteiger charge is 2.44. The summed E-state index contributed by atoms with van der Waals surface area (Å²) in [5.41, 5.74) is 1.02. The molecule has 0 saturated carbocycles. The number of hydrogen-bond acceptors (Lipinski definition) is 5. The fourth-order valence-corrected chi connectivity index (χ4v) is 4.03. The van der Waals surface area contributed by atoms with E-state index in [4.69, 9.17) is 9.84 Å². The van der Waals surface area contributed by atoms with Crippen LogP contribution in [0.25, 0.3) is 0 Å². The second-order valence-electron chi connectivity index (χ2n) is 5.87. The van der Waals surface area contributed by atoms with Crippen LogP contribution in [0.1, 0.15) is 36.5 Å². The predicted molar refractivity (Wildman–Crippen MR) is 88.2 cm³/mol. The number of nitrogens with zero attached hydrogens (tertiary/aromatic N) is 1. The lowest BCUT2D eigenvalue weighted by Crippen LogP contribution is -2.38. The number of rotatable bonds is 4. The summed E-state index contributed by atoms with van der Waals surface area (Å²) in [4.78, 5) is 37.2. The minimum Gasteiger partial charge on any atom is -0.487 e. The van der Waals surface area contributed by atoms with E-state index in [-0.39, 0.29) is 29.9 Å². The number of carbonyl (C=O) groups excluding carboxylic acids is 2. The van der Waals surface area contributed by atoms with Gasteiger partial charge in [0.05, 0.1) is 25.1 Å². The molecule has 0 saturated heterocycles. The van der Waals surface area contributed by atoms with Crippen molar-refractivity contribution in [1.29, 1.82) is 0 Å². The second kappa shape index (κ2) is 6.44. The Morgan fingerprint density at radius 3 is 2.80 bits per heavy atom. The van der Waals surface area contributed by atoms with E-state index in [0.717, 1.165) is 0 Å². The molecule has 0 fully saturated rings. The van der Waals surface area contributed by atoms with Crippen molar-refractivity contribution in [3.8, 4) is 5.06 Å². The van der Waals surface area contributed by atoms with Gasteiger partial charge in [-0.3, -0.25) is 14.4 Å². The summed E-state index contributed by atoms with van der Waals surface area (Å²) >= 11 is 1.26. The summed E-state index contributed by atoms with van der Waals surface area (Å²) in [5, 5.41) is 11.3. The number of aliphatic carboxylic acids is 1. The third-order valence-corrected chi connectivity index (χ3v) is 5.35. The molecule has 1 N–H and O–H groups in total. The Morgan fingerprint density at radius 2 is 2.20 bits per heavy atom. The van der Waals surface area contributed by atoms with Gasteiger partial charge in [0.15, 0.2) is 16.7 Å². The molecular formula is C17H16FNO5S. The molecular weight excluding hydrogens is 349 g/mol. The lowest BCUT2D eigenvalue weighted by atomic mass is 9.88. The number of carbonyl (C=O) groups is 3. The van der Waals surface area contributed by atoms with Gasteiger partial charge in [0.1, 0.15) is 0 Å². The molecule has 2 heterocycles. The lowest BCUT2D eigenvalue weighted by molar-refractivity contribution is -0.136. The van der Waals surface area contributed by atoms with Crippen molar-refractivity contribution >= 4 is 29.0 Å². The van der Waals surface area contributed by atoms with E-state index in [1.807, 2.05) is 0 Å². The Morgan fingerprint density at radius 1 is 1.48 bits per heavy atom. The molecule has 8 heteroatoms. The molecule has 3 rings (SSSR count). The van der Waals surface area contributed by atoms with E-state index >= 15 is 0 Å². The molecule has 0 aromatic carbocycles. The molecule has 1 aromatic rings. The number of methoxy groups -OCH3 is 1. The first-order valence-electron chi connectivity index (χ1n) is 7.66. The SMILES string of the molecule is COc1cc(C(=O)N2C(C)=C(CC(=O)O)C3=C(F)C(=O)CCC32)cs1. The first-order chi connectivity index (χ1) is 11.8. The minimum atomic E-state index is -1.14. The van der Waals surface area contributed by atoms with Crippen LogP contribution in [0.2, 0.25) is 0 Å². The molecule has 1 aromatic heterocycles. The van der Waals surface area contributed by atoms with Gasteiger partial charge in [0.2, 0.25) is 0 Å². The maximum absolute atomic E-state index is 14.5. The van der Waals surface area contributed by atoms with Crippen LogP contribution in [0.3, 0.4) is 0 Å². The normalized spacial score (nSPS) is 20.2. The van der Waals surface area contributed by atoms with Crippen LogP contribution in [-0.4, -0.2) is 40.8 Å². The molecule has 1 atom stereocenters. The van der Waals surface area contributed by atoms with Gasteiger partial charge in [-0.05, 0) is 18.9 Å². The van der Waals surface area contributed by atoms with Gasteiger partial charge in [-0.25, -0.2) is 4.39 Å². The van der Waals surface area contributed by atoms with Crippen LogP contribution in [-0.2, 0) is 9.59 Å². The number of halogens is 1. The number of ether oxygens (including phenoxy) is 1. The van der Waals surface area contributed by atoms with Crippen molar-refractivity contribution in [2.24, 2.45) is 0 Å². The van der Waals surface area contributed by atoms with Gasteiger partial charge in [0.25, 0.3) is 5.91 Å². The monoisotopic (exact) mass is 365 g/mol. The van der Waals surface area contributed by atoms with Gasteiger partial charge in [-0.15, -0.1) is 11.3 Å². The molecule has 0 spiro atoms. The standard InChI is InChI=1S/C17H16FNO5S/c1-8-10(6-13(21)22)15-11(3-4-12(20)16(15)18)19(8)17(23)9-5-14(24-2)25-7-9/h5,7,11H,3-4,6H2,1-2H3,(H,21,22). The van der Waals surface area contributed by atoms with Crippen molar-refractivity contribution in [2.75, 3.05) is 7.11 Å². The van der Waals surface area contributed by atoms with Gasteiger partial charge in [-0.1, -0.05) is 0 Å². The second-order valence-corrected chi connectivity index (χ2v) is 6.75. The summed E-state index contributed by atoms with van der Waals surface area (Å²) in [6, 6.07) is 0.939. The molecule has 1 amide bonds. The van der Waals surface area contributed by atoms with Crippen molar-refractivity contribution in [1.82, 2.24) is 4.90 Å². The summed E-state index contributed by atoms with van der Waals surface area (Å²) in [6.45, 7) is 1.59. The average molecular weight is 365 g/mol. The Labute approximate surface area is 147 Å².